The Morgan fingerprint density at radius 3 is 2.38 bits per heavy atom. The fourth-order valence-electron chi connectivity index (χ4n) is 5.77. The Hall–Kier alpha value is -5.00. The average molecular weight is 660 g/mol. The van der Waals surface area contributed by atoms with Crippen LogP contribution in [0, 0.1) is 5.82 Å². The Morgan fingerprint density at radius 2 is 1.75 bits per heavy atom. The zero-order chi connectivity index (χ0) is 34.4. The van der Waals surface area contributed by atoms with Crippen LogP contribution in [0.3, 0.4) is 0 Å². The maximum atomic E-state index is 14.1. The molecule has 0 unspecified atom stereocenters. The van der Waals surface area contributed by atoms with Gasteiger partial charge in [-0.2, -0.15) is 0 Å². The number of ether oxygens (including phenoxy) is 1. The fourth-order valence-corrected chi connectivity index (χ4v) is 5.77. The smallest absolute Gasteiger partial charge is 0.245 e. The van der Waals surface area contributed by atoms with Gasteiger partial charge in [-0.1, -0.05) is 57.4 Å². The molecule has 0 radical (unpaired) electrons. The van der Waals surface area contributed by atoms with Gasteiger partial charge < -0.3 is 30.2 Å². The van der Waals surface area contributed by atoms with E-state index >= 15 is 0 Å². The number of hydrogen-bond acceptors (Lipinski definition) is 6. The van der Waals surface area contributed by atoms with E-state index in [0.717, 1.165) is 48.3 Å². The Kier molecular flexibility index (Phi) is 13.3. The molecule has 4 N–H and O–H groups in total. The Bertz CT molecular complexity index is 1570. The van der Waals surface area contributed by atoms with E-state index in [9.17, 15) is 18.8 Å². The van der Waals surface area contributed by atoms with Crippen LogP contribution in [0.1, 0.15) is 69.2 Å². The number of H-pyrrole nitrogens is 2. The van der Waals surface area contributed by atoms with Crippen molar-refractivity contribution in [1.82, 2.24) is 30.2 Å². The zero-order valence-corrected chi connectivity index (χ0v) is 27.9. The molecular weight excluding hydrogens is 613 g/mol. The number of carbonyl (C=O) groups is 3. The SMILES string of the molecule is CCC(=O)Nc1cnc[nH]1.CCCCCC1(c2cccc(F)c2)CN(C(=O)[C@@H](Cc2ccc(OC)cc2)NC(=O)CCc2cnc[nH]2)C1. The lowest BCUT2D eigenvalue weighted by Gasteiger charge is -2.52. The number of methoxy groups -OCH3 is 1. The fraction of sp³-hybridized carbons (Fsp3) is 0.417. The first-order valence-electron chi connectivity index (χ1n) is 16.5. The van der Waals surface area contributed by atoms with E-state index in [0.29, 0.717) is 38.2 Å². The number of nitrogens with zero attached hydrogens (tertiary/aromatic N) is 3. The van der Waals surface area contributed by atoms with Crippen LogP contribution in [-0.4, -0.2) is 68.8 Å². The summed E-state index contributed by atoms with van der Waals surface area (Å²) in [5.74, 6) is 0.805. The van der Waals surface area contributed by atoms with Gasteiger partial charge in [0.25, 0.3) is 0 Å². The first-order valence-corrected chi connectivity index (χ1v) is 16.5. The first-order chi connectivity index (χ1) is 23.2. The van der Waals surface area contributed by atoms with Crippen molar-refractivity contribution >= 4 is 23.5 Å². The van der Waals surface area contributed by atoms with Gasteiger partial charge in [-0.3, -0.25) is 14.4 Å². The van der Waals surface area contributed by atoms with Gasteiger partial charge in [0.1, 0.15) is 23.4 Å². The summed E-state index contributed by atoms with van der Waals surface area (Å²) in [7, 11) is 1.61. The predicted octanol–water partition coefficient (Wildman–Crippen LogP) is 5.34. The van der Waals surface area contributed by atoms with Crippen LogP contribution in [0.5, 0.6) is 5.75 Å². The van der Waals surface area contributed by atoms with Crippen LogP contribution in [0.25, 0.3) is 0 Å². The number of halogens is 1. The number of benzene rings is 2. The largest absolute Gasteiger partial charge is 0.497 e. The molecule has 1 atom stereocenters. The lowest BCUT2D eigenvalue weighted by molar-refractivity contribution is -0.143. The summed E-state index contributed by atoms with van der Waals surface area (Å²) in [4.78, 5) is 52.6. The maximum Gasteiger partial charge on any atom is 0.245 e. The van der Waals surface area contributed by atoms with E-state index in [1.54, 1.807) is 49.8 Å². The second kappa shape index (κ2) is 17.8. The molecule has 0 saturated carbocycles. The number of amides is 3. The molecule has 0 spiro atoms. The number of aromatic nitrogens is 4. The van der Waals surface area contributed by atoms with E-state index in [1.165, 1.54) is 12.4 Å². The van der Waals surface area contributed by atoms with Crippen molar-refractivity contribution in [3.63, 3.8) is 0 Å². The molecule has 1 aliphatic heterocycles. The molecule has 0 aliphatic carbocycles. The summed E-state index contributed by atoms with van der Waals surface area (Å²) in [6.45, 7) is 4.99. The molecule has 12 heteroatoms. The lowest BCUT2D eigenvalue weighted by Crippen LogP contribution is -2.65. The van der Waals surface area contributed by atoms with Crippen LogP contribution in [-0.2, 0) is 32.6 Å². The van der Waals surface area contributed by atoms with Crippen molar-refractivity contribution in [3.8, 4) is 5.75 Å². The van der Waals surface area contributed by atoms with Gasteiger partial charge >= 0.3 is 0 Å². The Morgan fingerprint density at radius 1 is 1.00 bits per heavy atom. The molecule has 2 aromatic heterocycles. The molecule has 48 heavy (non-hydrogen) atoms. The standard InChI is InChI=1S/C30H37FN4O3.C6H9N3O/c1-3-4-5-15-30(23-7-6-8-24(31)17-23)19-35(20-30)29(37)27(16-22-9-12-26(38-2)13-10-22)34-28(36)14-11-25-18-32-21-33-25;1-2-6(10)9-5-3-7-4-8-5/h6-10,12-13,17-18,21,27H,3-5,11,14-16,19-20H2,1-2H3,(H,32,33)(H,34,36);3-4H,2H2,1H3,(H,7,8)(H,9,10)/t27-;/m1./s1. The highest BCUT2D eigenvalue weighted by molar-refractivity contribution is 5.89. The van der Waals surface area contributed by atoms with Crippen LogP contribution in [0.2, 0.25) is 0 Å². The number of aromatic amines is 2. The van der Waals surface area contributed by atoms with Crippen LogP contribution in [0.15, 0.2) is 73.6 Å². The number of hydrogen-bond donors (Lipinski definition) is 4. The van der Waals surface area contributed by atoms with Gasteiger partial charge in [0, 0.05) is 49.7 Å². The van der Waals surface area contributed by atoms with Crippen molar-refractivity contribution in [2.24, 2.45) is 0 Å². The van der Waals surface area contributed by atoms with Crippen molar-refractivity contribution in [2.75, 3.05) is 25.5 Å². The molecule has 3 heterocycles. The molecule has 4 aromatic rings. The third kappa shape index (κ3) is 10.2. The zero-order valence-electron chi connectivity index (χ0n) is 27.9. The average Bonchev–Trinajstić information content (AvgIpc) is 3.80. The molecule has 0 bridgehead atoms. The maximum absolute atomic E-state index is 14.1. The second-order valence-corrected chi connectivity index (χ2v) is 12.1. The number of nitrogens with one attached hydrogen (secondary N) is 4. The summed E-state index contributed by atoms with van der Waals surface area (Å²) in [5, 5.41) is 5.59. The normalized spacial score (nSPS) is 13.8. The minimum atomic E-state index is -0.696. The minimum Gasteiger partial charge on any atom is -0.497 e. The number of unbranched alkanes of at least 4 members (excludes halogenated alkanes) is 2. The van der Waals surface area contributed by atoms with E-state index < -0.39 is 6.04 Å². The number of aryl methyl sites for hydroxylation is 1. The lowest BCUT2D eigenvalue weighted by atomic mass is 9.70. The van der Waals surface area contributed by atoms with Gasteiger partial charge in [-0.25, -0.2) is 14.4 Å². The molecular formula is C36H46FN7O4. The molecule has 1 fully saturated rings. The topological polar surface area (TPSA) is 145 Å². The Balaban J connectivity index is 0.000000445. The van der Waals surface area contributed by atoms with E-state index in [-0.39, 0.29) is 35.4 Å². The van der Waals surface area contributed by atoms with E-state index in [1.807, 2.05) is 30.3 Å². The quantitative estimate of drug-likeness (QED) is 0.127. The monoisotopic (exact) mass is 659 g/mol. The molecule has 2 aromatic carbocycles. The van der Waals surface area contributed by atoms with Gasteiger partial charge in [0.05, 0.1) is 26.0 Å². The molecule has 11 nitrogen and oxygen atoms in total. The number of rotatable bonds is 15. The molecule has 1 saturated heterocycles. The van der Waals surface area contributed by atoms with Crippen molar-refractivity contribution in [3.05, 3.63) is 96.2 Å². The number of imidazole rings is 2. The van der Waals surface area contributed by atoms with Crippen molar-refractivity contribution in [2.45, 2.75) is 76.7 Å². The second-order valence-electron chi connectivity index (χ2n) is 12.1. The summed E-state index contributed by atoms with van der Waals surface area (Å²) in [5.41, 5.74) is 2.47. The molecule has 256 valence electrons. The highest BCUT2D eigenvalue weighted by Crippen LogP contribution is 2.40. The van der Waals surface area contributed by atoms with E-state index in [4.69, 9.17) is 4.74 Å². The number of anilines is 1. The molecule has 1 aliphatic rings. The Labute approximate surface area is 281 Å². The van der Waals surface area contributed by atoms with Gasteiger partial charge in [0.2, 0.25) is 17.7 Å². The first kappa shape index (κ1) is 35.8. The third-order valence-electron chi connectivity index (χ3n) is 8.50. The van der Waals surface area contributed by atoms with Gasteiger partial charge in [0.15, 0.2) is 0 Å². The van der Waals surface area contributed by atoms with Gasteiger partial charge in [-0.15, -0.1) is 0 Å². The van der Waals surface area contributed by atoms with Crippen molar-refractivity contribution in [1.29, 1.82) is 0 Å². The molecule has 5 rings (SSSR count). The predicted molar refractivity (Wildman–Crippen MR) is 182 cm³/mol. The van der Waals surface area contributed by atoms with Crippen LogP contribution < -0.4 is 15.4 Å². The van der Waals surface area contributed by atoms with Gasteiger partial charge in [-0.05, 0) is 48.2 Å². The summed E-state index contributed by atoms with van der Waals surface area (Å²) in [6.07, 6.45) is 12.1. The number of likely N-dealkylation sites (tertiary alicyclic amines) is 1. The van der Waals surface area contributed by atoms with Crippen molar-refractivity contribution < 1.29 is 23.5 Å². The van der Waals surface area contributed by atoms with Crippen LogP contribution >= 0.6 is 0 Å². The van der Waals surface area contributed by atoms with E-state index in [2.05, 4.69) is 37.5 Å². The third-order valence-corrected chi connectivity index (χ3v) is 8.50. The summed E-state index contributed by atoms with van der Waals surface area (Å²) < 4.78 is 19.4. The summed E-state index contributed by atoms with van der Waals surface area (Å²) >= 11 is 0. The highest BCUT2D eigenvalue weighted by atomic mass is 19.1. The van der Waals surface area contributed by atoms with Crippen LogP contribution in [0.4, 0.5) is 10.2 Å². The minimum absolute atomic E-state index is 0.00995. The highest BCUT2D eigenvalue weighted by Gasteiger charge is 2.47. The number of carbonyl (C=O) groups excluding carboxylic acids is 3. The molecule has 3 amide bonds. The summed E-state index contributed by atoms with van der Waals surface area (Å²) in [6, 6.07) is 13.6.